The maximum absolute atomic E-state index is 12.5. The third kappa shape index (κ3) is 4.21. The first-order valence-electron chi connectivity index (χ1n) is 8.16. The molecule has 4 N–H and O–H groups in total. The lowest BCUT2D eigenvalue weighted by molar-refractivity contribution is 0.100. The van der Waals surface area contributed by atoms with Crippen LogP contribution in [0.4, 0.5) is 16.5 Å². The van der Waals surface area contributed by atoms with Gasteiger partial charge in [0, 0.05) is 11.4 Å². The van der Waals surface area contributed by atoms with Crippen LogP contribution in [0.2, 0.25) is 0 Å². The molecule has 0 radical (unpaired) electrons. The van der Waals surface area contributed by atoms with Gasteiger partial charge in [0.25, 0.3) is 11.8 Å². The average Bonchev–Trinajstić information content (AvgIpc) is 3.17. The van der Waals surface area contributed by atoms with Crippen LogP contribution in [0.5, 0.6) is 11.5 Å². The maximum atomic E-state index is 12.5. The molecule has 28 heavy (non-hydrogen) atoms. The molecule has 9 heteroatoms. The van der Waals surface area contributed by atoms with E-state index < -0.39 is 11.8 Å². The average molecular weight is 398 g/mol. The third-order valence-corrected chi connectivity index (χ3v) is 4.59. The van der Waals surface area contributed by atoms with Crippen LogP contribution in [0.1, 0.15) is 20.8 Å². The van der Waals surface area contributed by atoms with E-state index in [-0.39, 0.29) is 11.3 Å². The van der Waals surface area contributed by atoms with Crippen LogP contribution in [-0.4, -0.2) is 31.0 Å². The molecule has 0 aliphatic carbocycles. The summed E-state index contributed by atoms with van der Waals surface area (Å²) in [7, 11) is 3.13. The number of ether oxygens (including phenoxy) is 2. The van der Waals surface area contributed by atoms with Gasteiger partial charge < -0.3 is 25.8 Å². The molecular formula is C19H18N4O4S. The molecule has 0 fully saturated rings. The summed E-state index contributed by atoms with van der Waals surface area (Å²) < 4.78 is 10.5. The van der Waals surface area contributed by atoms with Crippen molar-refractivity contribution in [2.24, 2.45) is 5.73 Å². The van der Waals surface area contributed by atoms with Gasteiger partial charge >= 0.3 is 0 Å². The first kappa shape index (κ1) is 19.2. The number of nitrogens with zero attached hydrogens (tertiary/aromatic N) is 1. The van der Waals surface area contributed by atoms with E-state index in [0.29, 0.717) is 28.0 Å². The Balaban J connectivity index is 1.76. The molecule has 1 heterocycles. The predicted octanol–water partition coefficient (Wildman–Crippen LogP) is 3.26. The van der Waals surface area contributed by atoms with Gasteiger partial charge in [0.1, 0.15) is 17.2 Å². The van der Waals surface area contributed by atoms with Crippen molar-refractivity contribution in [3.8, 4) is 11.5 Å². The highest BCUT2D eigenvalue weighted by atomic mass is 32.1. The number of nitrogens with one attached hydrogen (secondary N) is 2. The Hall–Kier alpha value is -3.59. The summed E-state index contributed by atoms with van der Waals surface area (Å²) in [5.74, 6) is 0.175. The Morgan fingerprint density at radius 3 is 2.57 bits per heavy atom. The third-order valence-electron chi connectivity index (χ3n) is 3.83. The summed E-state index contributed by atoms with van der Waals surface area (Å²) in [5.41, 5.74) is 6.79. The van der Waals surface area contributed by atoms with Gasteiger partial charge in [-0.15, -0.1) is 11.3 Å². The number of methoxy groups -OCH3 is 2. The smallest absolute Gasteiger partial charge is 0.275 e. The molecule has 3 aromatic rings. The fourth-order valence-corrected chi connectivity index (χ4v) is 3.15. The maximum Gasteiger partial charge on any atom is 0.275 e. The summed E-state index contributed by atoms with van der Waals surface area (Å²) in [4.78, 5) is 28.2. The minimum atomic E-state index is -0.622. The number of hydrogen-bond acceptors (Lipinski definition) is 7. The number of carbonyl (C=O) groups is 2. The molecule has 0 saturated carbocycles. The molecule has 0 aliphatic rings. The number of aromatic nitrogens is 1. The van der Waals surface area contributed by atoms with Crippen LogP contribution in [-0.2, 0) is 0 Å². The van der Waals surface area contributed by atoms with Crippen LogP contribution >= 0.6 is 11.3 Å². The Labute approximate surface area is 165 Å². The fraction of sp³-hybridized carbons (Fsp3) is 0.105. The number of amides is 2. The van der Waals surface area contributed by atoms with Crippen LogP contribution < -0.4 is 25.8 Å². The van der Waals surface area contributed by atoms with Gasteiger partial charge in [0.05, 0.1) is 31.2 Å². The van der Waals surface area contributed by atoms with Crippen LogP contribution in [0, 0.1) is 0 Å². The van der Waals surface area contributed by atoms with E-state index in [9.17, 15) is 9.59 Å². The van der Waals surface area contributed by atoms with E-state index in [1.807, 2.05) is 0 Å². The number of nitrogens with two attached hydrogens (primary N) is 1. The second kappa shape index (κ2) is 8.40. The van der Waals surface area contributed by atoms with Crippen LogP contribution in [0.15, 0.2) is 47.8 Å². The van der Waals surface area contributed by atoms with Gasteiger partial charge in [0.15, 0.2) is 5.13 Å². The number of primary amides is 1. The Kier molecular flexibility index (Phi) is 5.75. The first-order valence-corrected chi connectivity index (χ1v) is 9.04. The zero-order valence-electron chi connectivity index (χ0n) is 15.2. The summed E-state index contributed by atoms with van der Waals surface area (Å²) in [6.45, 7) is 0. The van der Waals surface area contributed by atoms with Crippen molar-refractivity contribution >= 4 is 39.7 Å². The highest BCUT2D eigenvalue weighted by molar-refractivity contribution is 7.14. The minimum absolute atomic E-state index is 0.208. The molecule has 2 aromatic carbocycles. The molecule has 8 nitrogen and oxygen atoms in total. The summed E-state index contributed by atoms with van der Waals surface area (Å²) in [6, 6.07) is 11.8. The predicted molar refractivity (Wildman–Crippen MR) is 108 cm³/mol. The Morgan fingerprint density at radius 2 is 1.86 bits per heavy atom. The molecule has 0 aliphatic heterocycles. The molecule has 0 atom stereocenters. The second-order valence-electron chi connectivity index (χ2n) is 5.59. The van der Waals surface area contributed by atoms with Crippen molar-refractivity contribution in [2.75, 3.05) is 24.9 Å². The van der Waals surface area contributed by atoms with Gasteiger partial charge in [-0.2, -0.15) is 0 Å². The number of anilines is 3. The number of carbonyl (C=O) groups excluding carboxylic acids is 2. The highest BCUT2D eigenvalue weighted by Crippen LogP contribution is 2.32. The molecular weight excluding hydrogens is 380 g/mol. The SMILES string of the molecule is COc1ccc(Nc2nc(C(=O)Nc3ccccc3C(N)=O)cs2)c(OC)c1. The lowest BCUT2D eigenvalue weighted by Crippen LogP contribution is -2.18. The second-order valence-corrected chi connectivity index (χ2v) is 6.45. The highest BCUT2D eigenvalue weighted by Gasteiger charge is 2.15. The van der Waals surface area contributed by atoms with E-state index in [1.54, 1.807) is 62.1 Å². The van der Waals surface area contributed by atoms with Gasteiger partial charge in [-0.3, -0.25) is 9.59 Å². The van der Waals surface area contributed by atoms with E-state index >= 15 is 0 Å². The standard InChI is InChI=1S/C19H18N4O4S/c1-26-11-7-8-14(16(9-11)27-2)22-19-23-15(10-28-19)18(25)21-13-6-4-3-5-12(13)17(20)24/h3-10H,1-2H3,(H2,20,24)(H,21,25)(H,22,23). The number of para-hydroxylation sites is 1. The number of benzene rings is 2. The molecule has 0 saturated heterocycles. The molecule has 1 aromatic heterocycles. The summed E-state index contributed by atoms with van der Waals surface area (Å²) in [5, 5.41) is 7.90. The van der Waals surface area contributed by atoms with E-state index in [4.69, 9.17) is 15.2 Å². The van der Waals surface area contributed by atoms with Crippen molar-refractivity contribution in [2.45, 2.75) is 0 Å². The quantitative estimate of drug-likeness (QED) is 0.563. The van der Waals surface area contributed by atoms with E-state index in [0.717, 1.165) is 0 Å². The van der Waals surface area contributed by atoms with Crippen molar-refractivity contribution in [1.82, 2.24) is 4.98 Å². The van der Waals surface area contributed by atoms with Gasteiger partial charge in [-0.1, -0.05) is 12.1 Å². The molecule has 0 unspecified atom stereocenters. The fourth-order valence-electron chi connectivity index (χ4n) is 2.45. The van der Waals surface area contributed by atoms with Crippen molar-refractivity contribution in [1.29, 1.82) is 0 Å². The molecule has 2 amide bonds. The minimum Gasteiger partial charge on any atom is -0.497 e. The lowest BCUT2D eigenvalue weighted by atomic mass is 10.1. The van der Waals surface area contributed by atoms with E-state index in [2.05, 4.69) is 15.6 Å². The number of rotatable bonds is 7. The van der Waals surface area contributed by atoms with Crippen LogP contribution in [0.3, 0.4) is 0 Å². The topological polar surface area (TPSA) is 116 Å². The molecule has 0 bridgehead atoms. The zero-order chi connectivity index (χ0) is 20.1. The first-order chi connectivity index (χ1) is 13.5. The Morgan fingerprint density at radius 1 is 1.07 bits per heavy atom. The largest absolute Gasteiger partial charge is 0.497 e. The Bertz CT molecular complexity index is 1020. The van der Waals surface area contributed by atoms with Crippen molar-refractivity contribution in [3.05, 3.63) is 59.1 Å². The summed E-state index contributed by atoms with van der Waals surface area (Å²) in [6.07, 6.45) is 0. The molecule has 144 valence electrons. The van der Waals surface area contributed by atoms with Crippen molar-refractivity contribution in [3.63, 3.8) is 0 Å². The number of thiazole rings is 1. The monoisotopic (exact) mass is 398 g/mol. The van der Waals surface area contributed by atoms with Crippen molar-refractivity contribution < 1.29 is 19.1 Å². The van der Waals surface area contributed by atoms with Gasteiger partial charge in [0.2, 0.25) is 0 Å². The van der Waals surface area contributed by atoms with Gasteiger partial charge in [-0.05, 0) is 24.3 Å². The van der Waals surface area contributed by atoms with Gasteiger partial charge in [-0.25, -0.2) is 4.98 Å². The molecule has 0 spiro atoms. The lowest BCUT2D eigenvalue weighted by Gasteiger charge is -2.10. The normalized spacial score (nSPS) is 10.2. The number of hydrogen-bond donors (Lipinski definition) is 3. The summed E-state index contributed by atoms with van der Waals surface area (Å²) >= 11 is 1.26. The molecule has 3 rings (SSSR count). The zero-order valence-corrected chi connectivity index (χ0v) is 16.0. The van der Waals surface area contributed by atoms with E-state index in [1.165, 1.54) is 11.3 Å². The van der Waals surface area contributed by atoms with Crippen LogP contribution in [0.25, 0.3) is 0 Å².